The van der Waals surface area contributed by atoms with Gasteiger partial charge in [0.25, 0.3) is 5.91 Å². The van der Waals surface area contributed by atoms with E-state index in [1.165, 1.54) is 11.8 Å². The van der Waals surface area contributed by atoms with Crippen LogP contribution in [0.15, 0.2) is 70.9 Å². The zero-order valence-corrected chi connectivity index (χ0v) is 18.0. The van der Waals surface area contributed by atoms with Crippen molar-refractivity contribution in [3.05, 3.63) is 89.3 Å². The molecule has 0 aliphatic carbocycles. The van der Waals surface area contributed by atoms with Crippen molar-refractivity contribution in [1.29, 1.82) is 0 Å². The summed E-state index contributed by atoms with van der Waals surface area (Å²) >= 11 is 1.64. The molecule has 6 nitrogen and oxygen atoms in total. The molecule has 0 saturated carbocycles. The van der Waals surface area contributed by atoms with E-state index in [2.05, 4.69) is 39.6 Å². The Morgan fingerprint density at radius 3 is 2.58 bits per heavy atom. The van der Waals surface area contributed by atoms with E-state index in [9.17, 15) is 4.79 Å². The average Bonchev–Trinajstić information content (AvgIpc) is 3.50. The van der Waals surface area contributed by atoms with Crippen molar-refractivity contribution in [3.63, 3.8) is 0 Å². The van der Waals surface area contributed by atoms with Crippen LogP contribution in [0.3, 0.4) is 0 Å². The van der Waals surface area contributed by atoms with Crippen molar-refractivity contribution in [2.24, 2.45) is 0 Å². The van der Waals surface area contributed by atoms with E-state index in [-0.39, 0.29) is 11.3 Å². The number of hydrogen-bond acceptors (Lipinski definition) is 6. The van der Waals surface area contributed by atoms with Crippen LogP contribution in [0, 0.1) is 6.92 Å². The Bertz CT molecular complexity index is 1180. The average molecular weight is 431 g/mol. The Balaban J connectivity index is 1.46. The van der Waals surface area contributed by atoms with E-state index in [1.807, 2.05) is 29.3 Å². The van der Waals surface area contributed by atoms with Crippen LogP contribution in [-0.4, -0.2) is 38.8 Å². The SMILES string of the molecule is Cc1nc(C(=O)N2CCC(c3ccccc3)(c3csc(-c4cccnc4)n3)CC2)co1. The highest BCUT2D eigenvalue weighted by Gasteiger charge is 2.41. The highest BCUT2D eigenvalue weighted by atomic mass is 32.1. The molecule has 1 aromatic carbocycles. The number of carbonyl (C=O) groups excluding carboxylic acids is 1. The molecule has 4 aromatic rings. The van der Waals surface area contributed by atoms with E-state index in [0.717, 1.165) is 29.1 Å². The summed E-state index contributed by atoms with van der Waals surface area (Å²) < 4.78 is 5.23. The zero-order valence-electron chi connectivity index (χ0n) is 17.2. The first kappa shape index (κ1) is 19.6. The molecule has 31 heavy (non-hydrogen) atoms. The fraction of sp³-hybridized carbons (Fsp3) is 0.250. The van der Waals surface area contributed by atoms with Gasteiger partial charge in [-0.3, -0.25) is 9.78 Å². The van der Waals surface area contributed by atoms with Crippen LogP contribution in [0.25, 0.3) is 10.6 Å². The van der Waals surface area contributed by atoms with Crippen molar-refractivity contribution in [1.82, 2.24) is 19.9 Å². The molecule has 156 valence electrons. The monoisotopic (exact) mass is 430 g/mol. The minimum absolute atomic E-state index is 0.0761. The third kappa shape index (κ3) is 3.65. The number of aromatic nitrogens is 3. The number of benzene rings is 1. The highest BCUT2D eigenvalue weighted by Crippen LogP contribution is 2.43. The molecule has 0 radical (unpaired) electrons. The van der Waals surface area contributed by atoms with Crippen LogP contribution in [0.2, 0.25) is 0 Å². The van der Waals surface area contributed by atoms with Gasteiger partial charge in [-0.15, -0.1) is 11.3 Å². The molecule has 0 bridgehead atoms. The lowest BCUT2D eigenvalue weighted by Crippen LogP contribution is -2.46. The summed E-state index contributed by atoms with van der Waals surface area (Å²) in [7, 11) is 0. The molecule has 0 atom stereocenters. The molecule has 0 N–H and O–H groups in total. The molecule has 0 unspecified atom stereocenters. The standard InChI is InChI=1S/C24H22N4O2S/c1-17-26-20(15-30-17)23(29)28-12-9-24(10-13-28,19-7-3-2-4-8-19)21-16-31-22(27-21)18-6-5-11-25-14-18/h2-8,11,14-16H,9-10,12-13H2,1H3. The summed E-state index contributed by atoms with van der Waals surface area (Å²) in [5.41, 5.74) is 3.47. The fourth-order valence-electron chi connectivity index (χ4n) is 4.28. The molecule has 4 heterocycles. The number of thiazole rings is 1. The van der Waals surface area contributed by atoms with Gasteiger partial charge in [0, 0.05) is 48.8 Å². The summed E-state index contributed by atoms with van der Waals surface area (Å²) in [5, 5.41) is 3.13. The van der Waals surface area contributed by atoms with Gasteiger partial charge in [-0.2, -0.15) is 0 Å². The Morgan fingerprint density at radius 2 is 1.90 bits per heavy atom. The largest absolute Gasteiger partial charge is 0.448 e. The molecule has 1 aliphatic rings. The number of rotatable bonds is 4. The Kier molecular flexibility index (Phi) is 5.11. The van der Waals surface area contributed by atoms with E-state index in [4.69, 9.17) is 9.40 Å². The Morgan fingerprint density at radius 1 is 1.10 bits per heavy atom. The summed E-state index contributed by atoms with van der Waals surface area (Å²) in [6.07, 6.45) is 6.66. The summed E-state index contributed by atoms with van der Waals surface area (Å²) in [6.45, 7) is 3.02. The smallest absolute Gasteiger partial charge is 0.275 e. The third-order valence-electron chi connectivity index (χ3n) is 5.97. The van der Waals surface area contributed by atoms with Crippen molar-refractivity contribution in [3.8, 4) is 10.6 Å². The van der Waals surface area contributed by atoms with Crippen molar-refractivity contribution >= 4 is 17.2 Å². The Labute approximate surface area is 184 Å². The van der Waals surface area contributed by atoms with Gasteiger partial charge in [-0.1, -0.05) is 30.3 Å². The van der Waals surface area contributed by atoms with Gasteiger partial charge in [-0.05, 0) is 30.5 Å². The number of oxazole rings is 1. The first-order valence-electron chi connectivity index (χ1n) is 10.3. The molecule has 3 aromatic heterocycles. The lowest BCUT2D eigenvalue weighted by Gasteiger charge is -2.41. The second-order valence-corrected chi connectivity index (χ2v) is 8.63. The number of hydrogen-bond donors (Lipinski definition) is 0. The van der Waals surface area contributed by atoms with Crippen LogP contribution in [0.5, 0.6) is 0 Å². The molecule has 1 saturated heterocycles. The van der Waals surface area contributed by atoms with Gasteiger partial charge in [-0.25, -0.2) is 9.97 Å². The number of aryl methyl sites for hydroxylation is 1. The van der Waals surface area contributed by atoms with Crippen molar-refractivity contribution in [2.75, 3.05) is 13.1 Å². The van der Waals surface area contributed by atoms with E-state index < -0.39 is 0 Å². The minimum atomic E-state index is -0.227. The molecule has 0 spiro atoms. The maximum Gasteiger partial charge on any atom is 0.275 e. The number of piperidine rings is 1. The number of pyridine rings is 1. The van der Waals surface area contributed by atoms with Gasteiger partial charge in [0.1, 0.15) is 11.3 Å². The minimum Gasteiger partial charge on any atom is -0.448 e. The quantitative estimate of drug-likeness (QED) is 0.468. The molecule has 7 heteroatoms. The summed E-state index contributed by atoms with van der Waals surface area (Å²) in [4.78, 5) is 28.2. The van der Waals surface area contributed by atoms with E-state index in [0.29, 0.717) is 24.7 Å². The molecule has 1 fully saturated rings. The van der Waals surface area contributed by atoms with E-state index in [1.54, 1.807) is 24.5 Å². The second-order valence-electron chi connectivity index (χ2n) is 7.77. The fourth-order valence-corrected chi connectivity index (χ4v) is 5.19. The van der Waals surface area contributed by atoms with Crippen molar-refractivity contribution < 1.29 is 9.21 Å². The predicted molar refractivity (Wildman–Crippen MR) is 119 cm³/mol. The lowest BCUT2D eigenvalue weighted by atomic mass is 9.70. The molecular weight excluding hydrogens is 408 g/mol. The number of amides is 1. The summed E-state index contributed by atoms with van der Waals surface area (Å²) in [5.74, 6) is 0.428. The second kappa shape index (κ2) is 8.07. The van der Waals surface area contributed by atoms with Gasteiger partial charge in [0.2, 0.25) is 0 Å². The van der Waals surface area contributed by atoms with Crippen LogP contribution in [0.4, 0.5) is 0 Å². The Hall–Kier alpha value is -3.32. The van der Waals surface area contributed by atoms with E-state index >= 15 is 0 Å². The first-order chi connectivity index (χ1) is 15.2. The molecule has 5 rings (SSSR count). The lowest BCUT2D eigenvalue weighted by molar-refractivity contribution is 0.0678. The third-order valence-corrected chi connectivity index (χ3v) is 6.86. The predicted octanol–water partition coefficient (Wildman–Crippen LogP) is 4.72. The molecule has 1 aliphatic heterocycles. The number of nitrogens with zero attached hydrogens (tertiary/aromatic N) is 4. The maximum absolute atomic E-state index is 12.9. The maximum atomic E-state index is 12.9. The zero-order chi connectivity index (χ0) is 21.3. The normalized spacial score (nSPS) is 15.7. The van der Waals surface area contributed by atoms with Crippen LogP contribution in [0.1, 0.15) is 40.5 Å². The highest BCUT2D eigenvalue weighted by molar-refractivity contribution is 7.13. The molecular formula is C24H22N4O2S. The molecule has 1 amide bonds. The van der Waals surface area contributed by atoms with Gasteiger partial charge < -0.3 is 9.32 Å². The van der Waals surface area contributed by atoms with Gasteiger partial charge in [0.15, 0.2) is 11.6 Å². The van der Waals surface area contributed by atoms with Crippen LogP contribution in [-0.2, 0) is 5.41 Å². The van der Waals surface area contributed by atoms with Crippen LogP contribution < -0.4 is 0 Å². The topological polar surface area (TPSA) is 72.1 Å². The number of likely N-dealkylation sites (tertiary alicyclic amines) is 1. The first-order valence-corrected chi connectivity index (χ1v) is 11.2. The van der Waals surface area contributed by atoms with Crippen LogP contribution >= 0.6 is 11.3 Å². The van der Waals surface area contributed by atoms with Gasteiger partial charge in [0.05, 0.1) is 5.69 Å². The van der Waals surface area contributed by atoms with Crippen molar-refractivity contribution in [2.45, 2.75) is 25.2 Å². The van der Waals surface area contributed by atoms with Gasteiger partial charge >= 0.3 is 0 Å². The number of carbonyl (C=O) groups is 1. The summed E-state index contributed by atoms with van der Waals surface area (Å²) in [6, 6.07) is 14.5.